The molecule has 0 aromatic rings. The molecule has 134 valence electrons. The number of hydrogen-bond donors (Lipinski definition) is 0. The van der Waals surface area contributed by atoms with Crippen LogP contribution in [0.5, 0.6) is 0 Å². The van der Waals surface area contributed by atoms with Crippen LogP contribution in [0.3, 0.4) is 0 Å². The van der Waals surface area contributed by atoms with Gasteiger partial charge in [0.1, 0.15) is 0 Å². The van der Waals surface area contributed by atoms with Gasteiger partial charge in [0.05, 0.1) is 12.2 Å². The Morgan fingerprint density at radius 3 is 2.26 bits per heavy atom. The summed E-state index contributed by atoms with van der Waals surface area (Å²) in [6.45, 7) is 13.8. The Hall–Kier alpha value is -0.593. The van der Waals surface area contributed by atoms with Crippen molar-refractivity contribution in [3.05, 3.63) is 10.4 Å². The van der Waals surface area contributed by atoms with E-state index in [2.05, 4.69) is 51.6 Å². The van der Waals surface area contributed by atoms with Crippen LogP contribution in [-0.4, -0.2) is 34.7 Å². The van der Waals surface area contributed by atoms with E-state index in [1.54, 1.807) is 7.11 Å². The van der Waals surface area contributed by atoms with Crippen molar-refractivity contribution in [2.45, 2.75) is 66.2 Å². The second-order valence-corrected chi connectivity index (χ2v) is 10.1. The van der Waals surface area contributed by atoms with Crippen molar-refractivity contribution in [2.75, 3.05) is 13.7 Å². The Labute approximate surface area is 141 Å². The van der Waals surface area contributed by atoms with Gasteiger partial charge in [-0.25, -0.2) is 0 Å². The van der Waals surface area contributed by atoms with Crippen LogP contribution >= 0.6 is 0 Å². The van der Waals surface area contributed by atoms with E-state index >= 15 is 0 Å². The molecule has 0 aromatic heterocycles. The van der Waals surface area contributed by atoms with Crippen LogP contribution in [-0.2, 0) is 13.3 Å². The lowest BCUT2D eigenvalue weighted by atomic mass is 9.80. The summed E-state index contributed by atoms with van der Waals surface area (Å²) in [6, 6.07) is 0.694. The van der Waals surface area contributed by atoms with E-state index in [1.807, 2.05) is 0 Å². The van der Waals surface area contributed by atoms with Gasteiger partial charge in [-0.05, 0) is 29.7 Å². The lowest BCUT2D eigenvalue weighted by Gasteiger charge is -2.49. The molecule has 0 saturated carbocycles. The molecule has 0 aromatic carbocycles. The quantitative estimate of drug-likeness (QED) is 0.212. The highest BCUT2D eigenvalue weighted by Crippen LogP contribution is 2.39. The molecule has 0 bridgehead atoms. The van der Waals surface area contributed by atoms with Gasteiger partial charge >= 0.3 is 8.80 Å². The van der Waals surface area contributed by atoms with Crippen molar-refractivity contribution >= 4 is 8.80 Å². The fourth-order valence-electron chi connectivity index (χ4n) is 3.28. The predicted molar refractivity (Wildman–Crippen MR) is 94.0 cm³/mol. The molecular weight excluding hydrogens is 310 g/mol. The molecule has 0 aliphatic carbocycles. The van der Waals surface area contributed by atoms with Gasteiger partial charge in [0.25, 0.3) is 0 Å². The van der Waals surface area contributed by atoms with Crippen LogP contribution in [0.2, 0.25) is 6.04 Å². The number of nitrogens with zero attached hydrogens (tertiary/aromatic N) is 3. The molecule has 1 rings (SSSR count). The van der Waals surface area contributed by atoms with Crippen molar-refractivity contribution < 1.29 is 13.3 Å². The lowest BCUT2D eigenvalue weighted by molar-refractivity contribution is -0.122. The molecule has 23 heavy (non-hydrogen) atoms. The summed E-state index contributed by atoms with van der Waals surface area (Å²) in [5.74, 6) is 1.73. The van der Waals surface area contributed by atoms with E-state index in [1.165, 1.54) is 0 Å². The van der Waals surface area contributed by atoms with Gasteiger partial charge in [-0.3, -0.25) is 0 Å². The Bertz CT molecular complexity index is 415. The Morgan fingerprint density at radius 1 is 1.17 bits per heavy atom. The molecule has 7 heteroatoms. The molecule has 6 nitrogen and oxygen atoms in total. The zero-order valence-electron chi connectivity index (χ0n) is 15.7. The van der Waals surface area contributed by atoms with Crippen molar-refractivity contribution in [1.29, 1.82) is 0 Å². The zero-order valence-corrected chi connectivity index (χ0v) is 16.7. The third-order valence-electron chi connectivity index (χ3n) is 5.01. The Morgan fingerprint density at radius 2 is 1.78 bits per heavy atom. The van der Waals surface area contributed by atoms with E-state index in [9.17, 15) is 0 Å². The summed E-state index contributed by atoms with van der Waals surface area (Å²) < 4.78 is 18.7. The maximum Gasteiger partial charge on any atom is 0.501 e. The summed E-state index contributed by atoms with van der Waals surface area (Å²) in [4.78, 5) is 2.81. The van der Waals surface area contributed by atoms with Crippen LogP contribution in [0, 0.1) is 23.7 Å². The summed E-state index contributed by atoms with van der Waals surface area (Å²) in [7, 11) is -1.04. The minimum Gasteiger partial charge on any atom is -0.377 e. The minimum absolute atomic E-state index is 0.140. The summed E-state index contributed by atoms with van der Waals surface area (Å²) in [5, 5.41) is 3.61. The average Bonchev–Trinajstić information content (AvgIpc) is 2.52. The topological polar surface area (TPSA) is 76.5 Å². The molecule has 0 N–H and O–H groups in total. The fraction of sp³-hybridized carbons (Fsp3) is 1.00. The van der Waals surface area contributed by atoms with Gasteiger partial charge < -0.3 is 13.3 Å². The first-order valence-corrected chi connectivity index (χ1v) is 10.6. The maximum absolute atomic E-state index is 8.43. The monoisotopic (exact) mass is 343 g/mol. The van der Waals surface area contributed by atoms with Crippen LogP contribution in [0.4, 0.5) is 0 Å². The third-order valence-corrected chi connectivity index (χ3v) is 7.86. The van der Waals surface area contributed by atoms with Gasteiger partial charge in [0.2, 0.25) is 0 Å². The normalized spacial score (nSPS) is 32.8. The second-order valence-electron chi connectivity index (χ2n) is 7.32. The minimum atomic E-state index is -2.73. The van der Waals surface area contributed by atoms with Gasteiger partial charge in [-0.1, -0.05) is 46.7 Å². The van der Waals surface area contributed by atoms with Gasteiger partial charge in [0.15, 0.2) is 0 Å². The first kappa shape index (κ1) is 20.5. The zero-order chi connectivity index (χ0) is 17.6. The van der Waals surface area contributed by atoms with Crippen molar-refractivity contribution in [3.63, 3.8) is 0 Å². The van der Waals surface area contributed by atoms with Crippen LogP contribution < -0.4 is 0 Å². The molecule has 1 saturated heterocycles. The number of rotatable bonds is 8. The molecular formula is C16H33N3O3Si. The molecule has 1 aliphatic rings. The standard InChI is InChI=1S/C16H33N3O3Si/c1-11(2)13(5)16-14(6)15(12(3)4)21-23(20-7,22-16)10-8-9-18-19-17/h11-16H,8-10H2,1-7H3. The van der Waals surface area contributed by atoms with E-state index in [4.69, 9.17) is 18.8 Å². The first-order valence-electron chi connectivity index (χ1n) is 8.69. The van der Waals surface area contributed by atoms with Crippen molar-refractivity contribution in [2.24, 2.45) is 28.8 Å². The molecule has 5 atom stereocenters. The summed E-state index contributed by atoms with van der Waals surface area (Å²) in [5.41, 5.74) is 8.43. The molecule has 0 radical (unpaired) electrons. The summed E-state index contributed by atoms with van der Waals surface area (Å²) >= 11 is 0. The maximum atomic E-state index is 8.43. The van der Waals surface area contributed by atoms with Crippen LogP contribution in [0.25, 0.3) is 10.4 Å². The SMILES string of the molecule is CO[Si]1(CCCN=[N+]=[N-])OC(C(C)C)C(C)C(C(C)C(C)C)O1. The number of azide groups is 1. The molecule has 0 amide bonds. The van der Waals surface area contributed by atoms with Crippen molar-refractivity contribution in [3.8, 4) is 0 Å². The van der Waals surface area contributed by atoms with Crippen LogP contribution in [0.15, 0.2) is 5.11 Å². The van der Waals surface area contributed by atoms with E-state index in [0.717, 1.165) is 6.42 Å². The highest BCUT2D eigenvalue weighted by Gasteiger charge is 2.53. The third kappa shape index (κ3) is 5.19. The van der Waals surface area contributed by atoms with Crippen LogP contribution in [0.1, 0.15) is 48.0 Å². The van der Waals surface area contributed by atoms with E-state index in [-0.39, 0.29) is 12.2 Å². The first-order chi connectivity index (χ1) is 10.8. The number of hydrogen-bond acceptors (Lipinski definition) is 4. The van der Waals surface area contributed by atoms with E-state index in [0.29, 0.717) is 36.3 Å². The van der Waals surface area contributed by atoms with Gasteiger partial charge in [0, 0.05) is 30.5 Å². The largest absolute Gasteiger partial charge is 0.501 e. The lowest BCUT2D eigenvalue weighted by Crippen LogP contribution is -2.61. The Kier molecular flexibility index (Phi) is 8.04. The average molecular weight is 344 g/mol. The smallest absolute Gasteiger partial charge is 0.377 e. The molecule has 1 fully saturated rings. The Balaban J connectivity index is 2.98. The summed E-state index contributed by atoms with van der Waals surface area (Å²) in [6.07, 6.45) is 1.01. The molecule has 1 aliphatic heterocycles. The molecule has 0 spiro atoms. The van der Waals surface area contributed by atoms with Gasteiger partial charge in [-0.15, -0.1) is 0 Å². The highest BCUT2D eigenvalue weighted by molar-refractivity contribution is 6.60. The molecule has 5 unspecified atom stereocenters. The fourth-order valence-corrected chi connectivity index (χ4v) is 6.30. The predicted octanol–water partition coefficient (Wildman–Crippen LogP) is 4.64. The van der Waals surface area contributed by atoms with E-state index < -0.39 is 8.80 Å². The highest BCUT2D eigenvalue weighted by atomic mass is 28.4. The molecule has 1 heterocycles. The second kappa shape index (κ2) is 9.04. The van der Waals surface area contributed by atoms with Crippen molar-refractivity contribution in [1.82, 2.24) is 0 Å². The van der Waals surface area contributed by atoms with Gasteiger partial charge in [-0.2, -0.15) is 0 Å².